The number of carbonyl (C=O) groups is 2. The van der Waals surface area contributed by atoms with Crippen LogP contribution in [0.5, 0.6) is 5.88 Å². The van der Waals surface area contributed by atoms with E-state index in [-0.39, 0.29) is 0 Å². The molecule has 3 heterocycles. The molecule has 3 rings (SSSR count). The van der Waals surface area contributed by atoms with Gasteiger partial charge in [-0.05, 0) is 25.8 Å². The van der Waals surface area contributed by atoms with Crippen LogP contribution in [0.1, 0.15) is 38.3 Å². The first-order valence-electron chi connectivity index (χ1n) is 8.46. The number of ether oxygens (including phenoxy) is 1. The van der Waals surface area contributed by atoms with Gasteiger partial charge in [-0.3, -0.25) is 4.90 Å². The monoisotopic (exact) mass is 403 g/mol. The first-order chi connectivity index (χ1) is 12.4. The van der Waals surface area contributed by atoms with E-state index in [1.54, 1.807) is 0 Å². The van der Waals surface area contributed by atoms with Crippen molar-refractivity contribution < 1.29 is 24.5 Å². The second-order valence-corrected chi connectivity index (χ2v) is 7.07. The highest BCUT2D eigenvalue weighted by molar-refractivity contribution is 6.99. The van der Waals surface area contributed by atoms with Crippen molar-refractivity contribution in [3.63, 3.8) is 0 Å². The Hall–Kier alpha value is -1.71. The highest BCUT2D eigenvalue weighted by Crippen LogP contribution is 2.39. The summed E-state index contributed by atoms with van der Waals surface area (Å²) < 4.78 is 14.5. The molecule has 2 bridgehead atoms. The molecule has 26 heavy (non-hydrogen) atoms. The number of aliphatic carboxylic acids is 2. The van der Waals surface area contributed by atoms with Gasteiger partial charge in [0.1, 0.15) is 5.69 Å². The predicted octanol–water partition coefficient (Wildman–Crippen LogP) is 2.55. The number of nitrogens with zero attached hydrogens (tertiary/aromatic N) is 3. The van der Waals surface area contributed by atoms with Gasteiger partial charge in [0.05, 0.1) is 18.3 Å². The van der Waals surface area contributed by atoms with Gasteiger partial charge in [0.15, 0.2) is 0 Å². The molecule has 144 valence electrons. The molecule has 0 radical (unpaired) electrons. The van der Waals surface area contributed by atoms with Crippen molar-refractivity contribution in [2.24, 2.45) is 5.92 Å². The first kappa shape index (κ1) is 20.6. The molecule has 1 aromatic rings. The number of carboxylic acids is 2. The number of rotatable bonds is 5. The van der Waals surface area contributed by atoms with E-state index >= 15 is 0 Å². The second kappa shape index (κ2) is 9.84. The number of hydrogen-bond acceptors (Lipinski definition) is 7. The average molecular weight is 404 g/mol. The summed E-state index contributed by atoms with van der Waals surface area (Å²) in [6.45, 7) is 5.98. The molecule has 0 saturated carbocycles. The lowest BCUT2D eigenvalue weighted by molar-refractivity contribution is -0.159. The SMILES string of the molecule is CCCCOc1nsnc1C1=C(Cl)C2CCCN(C1)C2.O=C(O)C(=O)O. The standard InChI is InChI=1S/C14H20ClN3OS.C2H2O4/c1-2-3-7-19-14-13(16-20-17-14)11-9-18-6-4-5-10(8-18)12(11)15;3-1(4)2(5)6/h10H,2-9H2,1H3;(H,3,4)(H,5,6). The van der Waals surface area contributed by atoms with E-state index in [2.05, 4.69) is 20.6 Å². The fourth-order valence-electron chi connectivity index (χ4n) is 2.91. The Morgan fingerprint density at radius 1 is 1.35 bits per heavy atom. The summed E-state index contributed by atoms with van der Waals surface area (Å²) in [4.78, 5) is 20.7. The highest BCUT2D eigenvalue weighted by atomic mass is 35.5. The van der Waals surface area contributed by atoms with E-state index in [0.29, 0.717) is 18.4 Å². The first-order valence-corrected chi connectivity index (χ1v) is 9.57. The molecule has 0 aliphatic carbocycles. The Bertz CT molecular complexity index is 667. The molecule has 2 N–H and O–H groups in total. The van der Waals surface area contributed by atoms with Crippen molar-refractivity contribution in [1.29, 1.82) is 0 Å². The maximum Gasteiger partial charge on any atom is 0.414 e. The van der Waals surface area contributed by atoms with Gasteiger partial charge in [-0.1, -0.05) is 24.9 Å². The van der Waals surface area contributed by atoms with Gasteiger partial charge in [-0.15, -0.1) is 4.37 Å². The summed E-state index contributed by atoms with van der Waals surface area (Å²) >= 11 is 7.82. The molecule has 8 nitrogen and oxygen atoms in total. The molecule has 10 heteroatoms. The molecule has 2 aliphatic heterocycles. The highest BCUT2D eigenvalue weighted by Gasteiger charge is 2.32. The molecule has 2 unspecified atom stereocenters. The lowest BCUT2D eigenvalue weighted by atomic mass is 9.90. The molecule has 0 amide bonds. The van der Waals surface area contributed by atoms with Gasteiger partial charge in [-0.2, -0.15) is 4.37 Å². The predicted molar refractivity (Wildman–Crippen MR) is 97.5 cm³/mol. The van der Waals surface area contributed by atoms with Crippen LogP contribution in [0, 0.1) is 5.92 Å². The van der Waals surface area contributed by atoms with E-state index in [1.165, 1.54) is 24.6 Å². The van der Waals surface area contributed by atoms with Gasteiger partial charge in [0.25, 0.3) is 5.88 Å². The minimum atomic E-state index is -1.82. The number of carboxylic acid groups (broad SMARTS) is 2. The zero-order chi connectivity index (χ0) is 19.1. The number of fused-ring (bicyclic) bond motifs is 2. The Kier molecular flexibility index (Phi) is 7.80. The van der Waals surface area contributed by atoms with Crippen LogP contribution >= 0.6 is 23.3 Å². The van der Waals surface area contributed by atoms with Crippen molar-refractivity contribution in [1.82, 2.24) is 13.6 Å². The summed E-state index contributed by atoms with van der Waals surface area (Å²) in [5.41, 5.74) is 2.00. The molecule has 1 saturated heterocycles. The minimum absolute atomic E-state index is 0.472. The fourth-order valence-corrected chi connectivity index (χ4v) is 3.76. The third-order valence-corrected chi connectivity index (χ3v) is 5.25. The normalized spacial score (nSPS) is 21.6. The Labute approximate surface area is 160 Å². The van der Waals surface area contributed by atoms with Gasteiger partial charge < -0.3 is 14.9 Å². The second-order valence-electron chi connectivity index (χ2n) is 6.13. The Morgan fingerprint density at radius 3 is 2.73 bits per heavy atom. The summed E-state index contributed by atoms with van der Waals surface area (Å²) in [6, 6.07) is 0. The third kappa shape index (κ3) is 5.39. The van der Waals surface area contributed by atoms with Crippen LogP contribution in [0.3, 0.4) is 0 Å². The molecule has 0 spiro atoms. The van der Waals surface area contributed by atoms with Gasteiger partial charge in [0.2, 0.25) is 0 Å². The Morgan fingerprint density at radius 2 is 2.08 bits per heavy atom. The molecular formula is C16H22ClN3O5S. The van der Waals surface area contributed by atoms with Crippen molar-refractivity contribution >= 4 is 40.8 Å². The van der Waals surface area contributed by atoms with Crippen LogP contribution in [-0.4, -0.2) is 62.0 Å². The number of hydrogen-bond donors (Lipinski definition) is 2. The largest absolute Gasteiger partial charge is 0.475 e. The van der Waals surface area contributed by atoms with Crippen LogP contribution in [0.25, 0.3) is 5.57 Å². The van der Waals surface area contributed by atoms with Crippen molar-refractivity contribution in [3.8, 4) is 5.88 Å². The smallest absolute Gasteiger partial charge is 0.414 e. The molecule has 2 atom stereocenters. The van der Waals surface area contributed by atoms with Gasteiger partial charge in [0, 0.05) is 29.6 Å². The Balaban J connectivity index is 0.000000352. The summed E-state index contributed by atoms with van der Waals surface area (Å²) in [7, 11) is 0. The van der Waals surface area contributed by atoms with E-state index < -0.39 is 11.9 Å². The maximum atomic E-state index is 9.10. The molecule has 1 aromatic heterocycles. The fraction of sp³-hybridized carbons (Fsp3) is 0.625. The quantitative estimate of drug-likeness (QED) is 0.569. The molecule has 0 aromatic carbocycles. The van der Waals surface area contributed by atoms with Crippen molar-refractivity contribution in [2.75, 3.05) is 26.2 Å². The van der Waals surface area contributed by atoms with Crippen LogP contribution in [0.15, 0.2) is 5.03 Å². The van der Waals surface area contributed by atoms with E-state index in [1.807, 2.05) is 0 Å². The zero-order valence-corrected chi connectivity index (χ0v) is 16.1. The molecule has 1 fully saturated rings. The van der Waals surface area contributed by atoms with E-state index in [0.717, 1.165) is 48.8 Å². The van der Waals surface area contributed by atoms with Gasteiger partial charge >= 0.3 is 11.9 Å². The number of halogens is 1. The number of piperidine rings is 1. The average Bonchev–Trinajstić information content (AvgIpc) is 3.07. The van der Waals surface area contributed by atoms with Crippen LogP contribution in [0.4, 0.5) is 0 Å². The van der Waals surface area contributed by atoms with Gasteiger partial charge in [-0.25, -0.2) is 9.59 Å². The number of aromatic nitrogens is 2. The van der Waals surface area contributed by atoms with Crippen molar-refractivity contribution in [2.45, 2.75) is 32.6 Å². The zero-order valence-electron chi connectivity index (χ0n) is 14.5. The van der Waals surface area contributed by atoms with Crippen molar-refractivity contribution in [3.05, 3.63) is 10.7 Å². The summed E-state index contributed by atoms with van der Waals surface area (Å²) in [5.74, 6) is -2.51. The summed E-state index contributed by atoms with van der Waals surface area (Å²) in [5, 5.41) is 15.8. The number of unbranched alkanes of at least 4 members (excludes halogenated alkanes) is 1. The molecular weight excluding hydrogens is 382 g/mol. The van der Waals surface area contributed by atoms with Crippen LogP contribution in [0.2, 0.25) is 0 Å². The van der Waals surface area contributed by atoms with Crippen LogP contribution in [-0.2, 0) is 9.59 Å². The maximum absolute atomic E-state index is 9.10. The molecule has 2 aliphatic rings. The van der Waals surface area contributed by atoms with E-state index in [9.17, 15) is 0 Å². The topological polar surface area (TPSA) is 113 Å². The van der Waals surface area contributed by atoms with E-state index in [4.69, 9.17) is 36.1 Å². The summed E-state index contributed by atoms with van der Waals surface area (Å²) in [6.07, 6.45) is 4.58. The lowest BCUT2D eigenvalue weighted by Gasteiger charge is -2.38. The van der Waals surface area contributed by atoms with Crippen LogP contribution < -0.4 is 4.74 Å². The third-order valence-electron chi connectivity index (χ3n) is 4.20. The lowest BCUT2D eigenvalue weighted by Crippen LogP contribution is -2.40. The minimum Gasteiger partial charge on any atom is -0.475 e.